The topological polar surface area (TPSA) is 32.3 Å². The Morgan fingerprint density at radius 2 is 1.90 bits per heavy atom. The number of hydrogen-bond acceptors (Lipinski definition) is 2. The van der Waals surface area contributed by atoms with E-state index in [-0.39, 0.29) is 5.91 Å². The van der Waals surface area contributed by atoms with Crippen molar-refractivity contribution >= 4 is 5.91 Å². The minimum absolute atomic E-state index is 0.168. The predicted molar refractivity (Wildman–Crippen MR) is 84.8 cm³/mol. The smallest absolute Gasteiger partial charge is 0.221 e. The summed E-state index contributed by atoms with van der Waals surface area (Å²) in [6.07, 6.45) is 5.04. The van der Waals surface area contributed by atoms with Crippen molar-refractivity contribution in [3.8, 4) is 0 Å². The quantitative estimate of drug-likeness (QED) is 0.666. The van der Waals surface area contributed by atoms with Crippen LogP contribution in [0, 0.1) is 0 Å². The maximum absolute atomic E-state index is 11.7. The second kappa shape index (κ2) is 10.4. The maximum Gasteiger partial charge on any atom is 0.221 e. The third kappa shape index (κ3) is 7.95. The summed E-state index contributed by atoms with van der Waals surface area (Å²) < 4.78 is 0. The Hall–Kier alpha value is -1.35. The van der Waals surface area contributed by atoms with E-state index in [1.165, 1.54) is 18.4 Å². The van der Waals surface area contributed by atoms with Crippen LogP contribution in [0.25, 0.3) is 0 Å². The van der Waals surface area contributed by atoms with E-state index in [4.69, 9.17) is 0 Å². The Morgan fingerprint density at radius 1 is 1.15 bits per heavy atom. The summed E-state index contributed by atoms with van der Waals surface area (Å²) in [5.74, 6) is 0.168. The zero-order chi connectivity index (χ0) is 14.6. The number of nitrogens with zero attached hydrogens (tertiary/aromatic N) is 1. The summed E-state index contributed by atoms with van der Waals surface area (Å²) in [5, 5.41) is 3.00. The lowest BCUT2D eigenvalue weighted by Crippen LogP contribution is -2.30. The number of amides is 1. The molecule has 0 saturated heterocycles. The van der Waals surface area contributed by atoms with Crippen molar-refractivity contribution in [1.82, 2.24) is 10.2 Å². The van der Waals surface area contributed by atoms with Crippen LogP contribution in [0.1, 0.15) is 38.2 Å². The van der Waals surface area contributed by atoms with Crippen molar-refractivity contribution < 1.29 is 4.79 Å². The van der Waals surface area contributed by atoms with Gasteiger partial charge in [-0.2, -0.15) is 0 Å². The number of hydrogen-bond donors (Lipinski definition) is 1. The molecule has 3 heteroatoms. The summed E-state index contributed by atoms with van der Waals surface area (Å²) >= 11 is 0. The van der Waals surface area contributed by atoms with E-state index in [0.29, 0.717) is 6.42 Å². The Morgan fingerprint density at radius 3 is 2.60 bits per heavy atom. The monoisotopic (exact) mass is 276 g/mol. The Kier molecular flexibility index (Phi) is 8.72. The molecular weight excluding hydrogens is 248 g/mol. The van der Waals surface area contributed by atoms with Gasteiger partial charge in [0.1, 0.15) is 0 Å². The van der Waals surface area contributed by atoms with Crippen LogP contribution in [0.3, 0.4) is 0 Å². The zero-order valence-corrected chi connectivity index (χ0v) is 12.9. The van der Waals surface area contributed by atoms with Crippen LogP contribution in [0.15, 0.2) is 30.3 Å². The highest BCUT2D eigenvalue weighted by Crippen LogP contribution is 2.01. The molecule has 1 rings (SSSR count). The van der Waals surface area contributed by atoms with Crippen molar-refractivity contribution in [3.05, 3.63) is 35.9 Å². The average molecular weight is 276 g/mol. The molecule has 0 saturated carbocycles. The molecule has 0 atom stereocenters. The molecule has 0 spiro atoms. The fourth-order valence-corrected chi connectivity index (χ4v) is 2.09. The van der Waals surface area contributed by atoms with Crippen LogP contribution in [0.2, 0.25) is 0 Å². The first-order chi connectivity index (χ1) is 9.72. The lowest BCUT2D eigenvalue weighted by atomic mass is 10.1. The van der Waals surface area contributed by atoms with Gasteiger partial charge in [-0.05, 0) is 38.4 Å². The molecule has 1 N–H and O–H groups in total. The molecule has 1 aromatic carbocycles. The van der Waals surface area contributed by atoms with E-state index in [0.717, 1.165) is 32.5 Å². The van der Waals surface area contributed by atoms with Gasteiger partial charge < -0.3 is 10.2 Å². The van der Waals surface area contributed by atoms with E-state index < -0.39 is 0 Å². The van der Waals surface area contributed by atoms with Crippen molar-refractivity contribution in [2.45, 2.75) is 39.0 Å². The molecule has 1 aromatic rings. The first kappa shape index (κ1) is 16.7. The molecule has 0 bridgehead atoms. The van der Waals surface area contributed by atoms with Gasteiger partial charge in [0.2, 0.25) is 5.91 Å². The van der Waals surface area contributed by atoms with Crippen LogP contribution < -0.4 is 5.32 Å². The van der Waals surface area contributed by atoms with Gasteiger partial charge in [-0.15, -0.1) is 0 Å². The van der Waals surface area contributed by atoms with E-state index in [1.54, 1.807) is 0 Å². The molecule has 0 heterocycles. The van der Waals surface area contributed by atoms with E-state index >= 15 is 0 Å². The van der Waals surface area contributed by atoms with E-state index in [1.807, 2.05) is 6.07 Å². The predicted octanol–water partition coefficient (Wildman–Crippen LogP) is 2.86. The normalized spacial score (nSPS) is 10.8. The molecular formula is C17H28N2O. The van der Waals surface area contributed by atoms with Crippen molar-refractivity contribution in [3.63, 3.8) is 0 Å². The van der Waals surface area contributed by atoms with Crippen LogP contribution in [0.5, 0.6) is 0 Å². The molecule has 112 valence electrons. The number of unbranched alkanes of at least 4 members (excludes halogenated alkanes) is 1. The van der Waals surface area contributed by atoms with Gasteiger partial charge in [-0.3, -0.25) is 4.79 Å². The molecule has 0 unspecified atom stereocenters. The third-order valence-corrected chi connectivity index (χ3v) is 3.42. The number of carbonyl (C=O) groups is 1. The summed E-state index contributed by atoms with van der Waals surface area (Å²) in [7, 11) is 2.08. The highest BCUT2D eigenvalue weighted by molar-refractivity contribution is 5.75. The molecule has 0 aliphatic rings. The Bertz CT molecular complexity index is 365. The summed E-state index contributed by atoms with van der Waals surface area (Å²) in [4.78, 5) is 13.9. The number of aryl methyl sites for hydroxylation is 1. The van der Waals surface area contributed by atoms with Gasteiger partial charge in [0, 0.05) is 19.5 Å². The molecule has 0 aromatic heterocycles. The highest BCUT2D eigenvalue weighted by atomic mass is 16.1. The van der Waals surface area contributed by atoms with E-state index in [9.17, 15) is 4.79 Å². The van der Waals surface area contributed by atoms with Crippen molar-refractivity contribution in [2.24, 2.45) is 0 Å². The van der Waals surface area contributed by atoms with Crippen molar-refractivity contribution in [1.29, 1.82) is 0 Å². The minimum atomic E-state index is 0.168. The SMILES string of the molecule is CCCCN(C)CCC(=O)NCCCc1ccccc1. The Labute approximate surface area is 123 Å². The number of carbonyl (C=O) groups excluding carboxylic acids is 1. The molecule has 0 aliphatic carbocycles. The lowest BCUT2D eigenvalue weighted by molar-refractivity contribution is -0.121. The Balaban J connectivity index is 2.03. The fourth-order valence-electron chi connectivity index (χ4n) is 2.09. The first-order valence-electron chi connectivity index (χ1n) is 7.71. The second-order valence-electron chi connectivity index (χ2n) is 5.35. The van der Waals surface area contributed by atoms with Crippen LogP contribution in [-0.2, 0) is 11.2 Å². The van der Waals surface area contributed by atoms with Gasteiger partial charge in [-0.25, -0.2) is 0 Å². The van der Waals surface area contributed by atoms with Gasteiger partial charge in [0.05, 0.1) is 0 Å². The molecule has 20 heavy (non-hydrogen) atoms. The summed E-state index contributed by atoms with van der Waals surface area (Å²) in [6.45, 7) is 4.89. The summed E-state index contributed by atoms with van der Waals surface area (Å²) in [6, 6.07) is 10.4. The van der Waals surface area contributed by atoms with Crippen LogP contribution in [0.4, 0.5) is 0 Å². The van der Waals surface area contributed by atoms with Crippen LogP contribution >= 0.6 is 0 Å². The first-order valence-corrected chi connectivity index (χ1v) is 7.71. The molecule has 0 aliphatic heterocycles. The lowest BCUT2D eigenvalue weighted by Gasteiger charge is -2.15. The zero-order valence-electron chi connectivity index (χ0n) is 12.9. The minimum Gasteiger partial charge on any atom is -0.356 e. The average Bonchev–Trinajstić information content (AvgIpc) is 2.48. The maximum atomic E-state index is 11.7. The van der Waals surface area contributed by atoms with E-state index in [2.05, 4.69) is 48.5 Å². The van der Waals surface area contributed by atoms with Gasteiger partial charge in [-0.1, -0.05) is 43.7 Å². The fraction of sp³-hybridized carbons (Fsp3) is 0.588. The van der Waals surface area contributed by atoms with Gasteiger partial charge in [0.15, 0.2) is 0 Å². The van der Waals surface area contributed by atoms with Gasteiger partial charge >= 0.3 is 0 Å². The van der Waals surface area contributed by atoms with Crippen LogP contribution in [-0.4, -0.2) is 37.5 Å². The molecule has 0 fully saturated rings. The molecule has 3 nitrogen and oxygen atoms in total. The number of benzene rings is 1. The number of rotatable bonds is 10. The van der Waals surface area contributed by atoms with Gasteiger partial charge in [0.25, 0.3) is 0 Å². The van der Waals surface area contributed by atoms with Crippen molar-refractivity contribution in [2.75, 3.05) is 26.7 Å². The second-order valence-corrected chi connectivity index (χ2v) is 5.35. The third-order valence-electron chi connectivity index (χ3n) is 3.42. The number of nitrogens with one attached hydrogen (secondary N) is 1. The molecule has 1 amide bonds. The highest BCUT2D eigenvalue weighted by Gasteiger charge is 2.03. The molecule has 0 radical (unpaired) electrons. The summed E-state index contributed by atoms with van der Waals surface area (Å²) in [5.41, 5.74) is 1.33. The standard InChI is InChI=1S/C17H28N2O/c1-3-4-14-19(2)15-12-17(20)18-13-8-11-16-9-6-5-7-10-16/h5-7,9-10H,3-4,8,11-15H2,1-2H3,(H,18,20). The largest absolute Gasteiger partial charge is 0.356 e.